The first kappa shape index (κ1) is 21.2. The van der Waals surface area contributed by atoms with Gasteiger partial charge in [-0.1, -0.05) is 0 Å². The Hall–Kier alpha value is -3.32. The molecule has 4 aromatic rings. The van der Waals surface area contributed by atoms with Crippen molar-refractivity contribution in [1.29, 1.82) is 0 Å². The van der Waals surface area contributed by atoms with Crippen LogP contribution in [0.3, 0.4) is 0 Å². The SMILES string of the molecule is Cc1cc(-c2c(-c3ccc(F)cc3)nc3ccc(N4CC5CN(C(C)C)CC5C4)nn23)ccn1. The van der Waals surface area contributed by atoms with Gasteiger partial charge in [-0.25, -0.2) is 13.9 Å². The van der Waals surface area contributed by atoms with Gasteiger partial charge in [-0.3, -0.25) is 4.98 Å². The molecule has 174 valence electrons. The highest BCUT2D eigenvalue weighted by Gasteiger charge is 2.41. The number of anilines is 1. The third-order valence-electron chi connectivity index (χ3n) is 7.32. The number of aryl methyl sites for hydroxylation is 1. The molecule has 1 aromatic carbocycles. The summed E-state index contributed by atoms with van der Waals surface area (Å²) in [5.74, 6) is 2.11. The summed E-state index contributed by atoms with van der Waals surface area (Å²) in [4.78, 5) is 14.3. The second kappa shape index (κ2) is 8.17. The number of imidazole rings is 1. The summed E-state index contributed by atoms with van der Waals surface area (Å²) < 4.78 is 15.6. The Labute approximate surface area is 199 Å². The zero-order valence-corrected chi connectivity index (χ0v) is 19.8. The van der Waals surface area contributed by atoms with Gasteiger partial charge in [0.1, 0.15) is 17.3 Å². The number of likely N-dealkylation sites (tertiary alicyclic amines) is 1. The van der Waals surface area contributed by atoms with Crippen LogP contribution in [0.2, 0.25) is 0 Å². The monoisotopic (exact) mass is 456 g/mol. The number of pyridine rings is 1. The molecule has 2 unspecified atom stereocenters. The van der Waals surface area contributed by atoms with Gasteiger partial charge in [-0.2, -0.15) is 0 Å². The molecule has 6 nitrogen and oxygen atoms in total. The lowest BCUT2D eigenvalue weighted by Gasteiger charge is -2.24. The average Bonchev–Trinajstić information content (AvgIpc) is 3.50. The molecule has 2 saturated heterocycles. The first-order valence-corrected chi connectivity index (χ1v) is 12.0. The fourth-order valence-corrected chi connectivity index (χ4v) is 5.49. The predicted molar refractivity (Wildman–Crippen MR) is 132 cm³/mol. The summed E-state index contributed by atoms with van der Waals surface area (Å²) >= 11 is 0. The van der Waals surface area contributed by atoms with Crippen molar-refractivity contribution >= 4 is 11.5 Å². The van der Waals surface area contributed by atoms with E-state index in [2.05, 4.69) is 34.7 Å². The zero-order valence-electron chi connectivity index (χ0n) is 19.8. The molecule has 7 heteroatoms. The van der Waals surface area contributed by atoms with Crippen molar-refractivity contribution in [2.75, 3.05) is 31.1 Å². The van der Waals surface area contributed by atoms with Gasteiger partial charge < -0.3 is 9.80 Å². The van der Waals surface area contributed by atoms with Crippen molar-refractivity contribution in [2.24, 2.45) is 11.8 Å². The standard InChI is InChI=1S/C27H29FN6/c1-17(2)32-13-21-15-33(16-22(21)14-32)25-9-8-24-30-26(19-4-6-23(28)7-5-19)27(34(24)31-25)20-10-11-29-18(3)12-20/h4-12,17,21-22H,13-16H2,1-3H3. The molecule has 3 aromatic heterocycles. The molecule has 2 atom stereocenters. The van der Waals surface area contributed by atoms with Crippen LogP contribution >= 0.6 is 0 Å². The van der Waals surface area contributed by atoms with Crippen molar-refractivity contribution < 1.29 is 4.39 Å². The zero-order chi connectivity index (χ0) is 23.4. The minimum Gasteiger partial charge on any atom is -0.355 e. The molecule has 34 heavy (non-hydrogen) atoms. The van der Waals surface area contributed by atoms with E-state index in [9.17, 15) is 4.39 Å². The molecular weight excluding hydrogens is 427 g/mol. The highest BCUT2D eigenvalue weighted by molar-refractivity contribution is 5.81. The van der Waals surface area contributed by atoms with E-state index >= 15 is 0 Å². The van der Waals surface area contributed by atoms with E-state index < -0.39 is 0 Å². The molecule has 0 saturated carbocycles. The molecular formula is C27H29FN6. The van der Waals surface area contributed by atoms with Gasteiger partial charge in [0.15, 0.2) is 5.65 Å². The summed E-state index contributed by atoms with van der Waals surface area (Å²) in [7, 11) is 0. The van der Waals surface area contributed by atoms with Crippen molar-refractivity contribution in [3.05, 3.63) is 66.2 Å². The van der Waals surface area contributed by atoms with E-state index in [1.54, 1.807) is 12.1 Å². The summed E-state index contributed by atoms with van der Waals surface area (Å²) in [5.41, 5.74) is 5.26. The van der Waals surface area contributed by atoms with Gasteiger partial charge in [-0.15, -0.1) is 5.10 Å². The number of hydrogen-bond acceptors (Lipinski definition) is 5. The van der Waals surface area contributed by atoms with Crippen LogP contribution in [0.15, 0.2) is 54.7 Å². The minimum atomic E-state index is -0.259. The van der Waals surface area contributed by atoms with Crippen LogP contribution in [0, 0.1) is 24.6 Å². The van der Waals surface area contributed by atoms with Crippen LogP contribution < -0.4 is 4.90 Å². The topological polar surface area (TPSA) is 49.6 Å². The molecule has 0 radical (unpaired) electrons. The fraction of sp³-hybridized carbons (Fsp3) is 0.370. The third kappa shape index (κ3) is 3.64. The number of benzene rings is 1. The van der Waals surface area contributed by atoms with E-state index in [0.717, 1.165) is 52.8 Å². The molecule has 2 aliphatic rings. The Bertz CT molecular complexity index is 1330. The highest BCUT2D eigenvalue weighted by Crippen LogP contribution is 2.36. The van der Waals surface area contributed by atoms with E-state index in [1.807, 2.05) is 35.8 Å². The summed E-state index contributed by atoms with van der Waals surface area (Å²) in [6, 6.07) is 15.3. The Morgan fingerprint density at radius 1 is 0.912 bits per heavy atom. The molecule has 0 amide bonds. The van der Waals surface area contributed by atoms with E-state index in [4.69, 9.17) is 10.1 Å². The van der Waals surface area contributed by atoms with Gasteiger partial charge in [0.05, 0.1) is 5.69 Å². The normalized spacial score (nSPS) is 20.6. The highest BCUT2D eigenvalue weighted by atomic mass is 19.1. The smallest absolute Gasteiger partial charge is 0.155 e. The first-order valence-electron chi connectivity index (χ1n) is 12.0. The van der Waals surface area contributed by atoms with E-state index in [-0.39, 0.29) is 5.82 Å². The molecule has 2 fully saturated rings. The van der Waals surface area contributed by atoms with Gasteiger partial charge in [0.25, 0.3) is 0 Å². The number of nitrogens with zero attached hydrogens (tertiary/aromatic N) is 6. The van der Waals surface area contributed by atoms with Crippen LogP contribution in [0.4, 0.5) is 10.2 Å². The van der Waals surface area contributed by atoms with Crippen molar-refractivity contribution in [3.63, 3.8) is 0 Å². The molecule has 0 bridgehead atoms. The number of rotatable bonds is 4. The Balaban J connectivity index is 1.42. The summed E-state index contributed by atoms with van der Waals surface area (Å²) in [6.07, 6.45) is 1.81. The second-order valence-corrected chi connectivity index (χ2v) is 9.94. The Morgan fingerprint density at radius 3 is 2.32 bits per heavy atom. The van der Waals surface area contributed by atoms with Crippen LogP contribution in [0.5, 0.6) is 0 Å². The number of fused-ring (bicyclic) bond motifs is 2. The van der Waals surface area contributed by atoms with Crippen molar-refractivity contribution in [3.8, 4) is 22.5 Å². The Kier molecular flexibility index (Phi) is 5.10. The predicted octanol–water partition coefficient (Wildman–Crippen LogP) is 4.68. The lowest BCUT2D eigenvalue weighted by molar-refractivity contribution is 0.258. The second-order valence-electron chi connectivity index (χ2n) is 9.94. The van der Waals surface area contributed by atoms with Gasteiger partial charge in [-0.05, 0) is 81.1 Å². The van der Waals surface area contributed by atoms with Crippen molar-refractivity contribution in [2.45, 2.75) is 26.8 Å². The van der Waals surface area contributed by atoms with Crippen LogP contribution in [-0.2, 0) is 0 Å². The maximum absolute atomic E-state index is 13.6. The van der Waals surface area contributed by atoms with E-state index in [0.29, 0.717) is 17.9 Å². The largest absolute Gasteiger partial charge is 0.355 e. The molecule has 0 aliphatic carbocycles. The van der Waals surface area contributed by atoms with Crippen molar-refractivity contribution in [1.82, 2.24) is 24.5 Å². The van der Waals surface area contributed by atoms with Gasteiger partial charge in [0.2, 0.25) is 0 Å². The molecule has 6 rings (SSSR count). The molecule has 0 N–H and O–H groups in total. The van der Waals surface area contributed by atoms with E-state index in [1.165, 1.54) is 25.2 Å². The maximum Gasteiger partial charge on any atom is 0.155 e. The van der Waals surface area contributed by atoms with Gasteiger partial charge >= 0.3 is 0 Å². The first-order chi connectivity index (χ1) is 16.5. The molecule has 2 aliphatic heterocycles. The van der Waals surface area contributed by atoms with Gasteiger partial charge in [0, 0.05) is 55.2 Å². The number of hydrogen-bond donors (Lipinski definition) is 0. The maximum atomic E-state index is 13.6. The Morgan fingerprint density at radius 2 is 1.65 bits per heavy atom. The quantitative estimate of drug-likeness (QED) is 0.446. The summed E-state index contributed by atoms with van der Waals surface area (Å²) in [6.45, 7) is 11.0. The summed E-state index contributed by atoms with van der Waals surface area (Å²) in [5, 5.41) is 5.08. The van der Waals surface area contributed by atoms with Crippen LogP contribution in [0.1, 0.15) is 19.5 Å². The van der Waals surface area contributed by atoms with Crippen LogP contribution in [-0.4, -0.2) is 56.7 Å². The average molecular weight is 457 g/mol. The van der Waals surface area contributed by atoms with Crippen LogP contribution in [0.25, 0.3) is 28.2 Å². The minimum absolute atomic E-state index is 0.259. The fourth-order valence-electron chi connectivity index (χ4n) is 5.49. The molecule has 5 heterocycles. The lowest BCUT2D eigenvalue weighted by atomic mass is 10.0. The number of aromatic nitrogens is 4. The molecule has 0 spiro atoms. The third-order valence-corrected chi connectivity index (χ3v) is 7.32. The lowest BCUT2D eigenvalue weighted by Crippen LogP contribution is -2.33. The number of halogens is 1.